The summed E-state index contributed by atoms with van der Waals surface area (Å²) in [6.07, 6.45) is -1.13. The zero-order valence-corrected chi connectivity index (χ0v) is 11.4. The van der Waals surface area contributed by atoms with E-state index in [1.54, 1.807) is 19.1 Å². The van der Waals surface area contributed by atoms with E-state index in [0.717, 1.165) is 5.82 Å². The van der Waals surface area contributed by atoms with Gasteiger partial charge in [0, 0.05) is 25.9 Å². The Morgan fingerprint density at radius 3 is 2.58 bits per heavy atom. The summed E-state index contributed by atoms with van der Waals surface area (Å²) in [6.45, 7) is 1.94. The Kier molecular flexibility index (Phi) is 5.72. The standard InChI is InChI=1S/C13H20N2O4/c1-4-19-12(17)7-10(16)13(18)9-5-6-11(14-8-9)15(2)3/h5-6,8,10,13,16,18H,4,7H2,1-3H3. The number of anilines is 1. The van der Waals surface area contributed by atoms with E-state index in [1.807, 2.05) is 19.0 Å². The molecule has 1 aromatic heterocycles. The molecule has 106 valence electrons. The van der Waals surface area contributed by atoms with Crippen molar-refractivity contribution in [2.75, 3.05) is 25.6 Å². The van der Waals surface area contributed by atoms with Crippen LogP contribution in [0.2, 0.25) is 0 Å². The first-order valence-electron chi connectivity index (χ1n) is 6.10. The molecule has 0 aliphatic heterocycles. The maximum Gasteiger partial charge on any atom is 0.308 e. The third-order valence-corrected chi connectivity index (χ3v) is 2.62. The summed E-state index contributed by atoms with van der Waals surface area (Å²) in [5, 5.41) is 19.7. The van der Waals surface area contributed by atoms with Crippen molar-refractivity contribution in [2.45, 2.75) is 25.6 Å². The number of aliphatic hydroxyl groups is 2. The molecule has 6 heteroatoms. The number of aliphatic hydroxyl groups excluding tert-OH is 2. The van der Waals surface area contributed by atoms with Crippen LogP contribution in [0.3, 0.4) is 0 Å². The summed E-state index contributed by atoms with van der Waals surface area (Å²) in [5.74, 6) is 0.211. The number of aromatic nitrogens is 1. The van der Waals surface area contributed by atoms with Gasteiger partial charge >= 0.3 is 5.97 Å². The molecular weight excluding hydrogens is 248 g/mol. The highest BCUT2D eigenvalue weighted by Gasteiger charge is 2.22. The van der Waals surface area contributed by atoms with Crippen molar-refractivity contribution in [3.05, 3.63) is 23.9 Å². The monoisotopic (exact) mass is 268 g/mol. The molecule has 19 heavy (non-hydrogen) atoms. The quantitative estimate of drug-likeness (QED) is 0.731. The van der Waals surface area contributed by atoms with Crippen LogP contribution in [-0.2, 0) is 9.53 Å². The van der Waals surface area contributed by atoms with Crippen molar-refractivity contribution in [2.24, 2.45) is 0 Å². The van der Waals surface area contributed by atoms with E-state index in [9.17, 15) is 15.0 Å². The van der Waals surface area contributed by atoms with Crippen LogP contribution in [0.15, 0.2) is 18.3 Å². The molecule has 0 saturated carbocycles. The molecule has 0 spiro atoms. The van der Waals surface area contributed by atoms with Gasteiger partial charge in [-0.25, -0.2) is 4.98 Å². The Morgan fingerprint density at radius 1 is 1.42 bits per heavy atom. The molecule has 2 unspecified atom stereocenters. The number of ether oxygens (including phenoxy) is 1. The van der Waals surface area contributed by atoms with Crippen molar-refractivity contribution >= 4 is 11.8 Å². The van der Waals surface area contributed by atoms with Crippen LogP contribution in [-0.4, -0.2) is 48.0 Å². The van der Waals surface area contributed by atoms with Crippen LogP contribution >= 0.6 is 0 Å². The summed E-state index contributed by atoms with van der Waals surface area (Å²) >= 11 is 0. The lowest BCUT2D eigenvalue weighted by Gasteiger charge is -2.18. The second-order valence-electron chi connectivity index (χ2n) is 4.37. The maximum absolute atomic E-state index is 11.2. The molecule has 0 radical (unpaired) electrons. The number of hydrogen-bond acceptors (Lipinski definition) is 6. The van der Waals surface area contributed by atoms with Crippen LogP contribution in [0.5, 0.6) is 0 Å². The minimum atomic E-state index is -1.20. The van der Waals surface area contributed by atoms with Gasteiger partial charge in [0.25, 0.3) is 0 Å². The van der Waals surface area contributed by atoms with Crippen LogP contribution < -0.4 is 4.90 Å². The third kappa shape index (κ3) is 4.50. The summed E-state index contributed by atoms with van der Waals surface area (Å²) in [5.41, 5.74) is 0.461. The molecule has 2 N–H and O–H groups in total. The molecule has 2 atom stereocenters. The first-order chi connectivity index (χ1) is 8.95. The first-order valence-corrected chi connectivity index (χ1v) is 6.10. The van der Waals surface area contributed by atoms with E-state index >= 15 is 0 Å². The van der Waals surface area contributed by atoms with Crippen molar-refractivity contribution < 1.29 is 19.7 Å². The molecule has 0 amide bonds. The highest BCUT2D eigenvalue weighted by atomic mass is 16.5. The fourth-order valence-corrected chi connectivity index (χ4v) is 1.56. The topological polar surface area (TPSA) is 82.9 Å². The number of nitrogens with zero attached hydrogens (tertiary/aromatic N) is 2. The second-order valence-corrected chi connectivity index (χ2v) is 4.37. The molecule has 0 bridgehead atoms. The van der Waals surface area contributed by atoms with Gasteiger partial charge in [-0.15, -0.1) is 0 Å². The predicted molar refractivity (Wildman–Crippen MR) is 70.8 cm³/mol. The Labute approximate surface area is 112 Å². The third-order valence-electron chi connectivity index (χ3n) is 2.62. The van der Waals surface area contributed by atoms with E-state index in [0.29, 0.717) is 5.56 Å². The van der Waals surface area contributed by atoms with Crippen molar-refractivity contribution in [1.82, 2.24) is 4.98 Å². The minimum Gasteiger partial charge on any atom is -0.466 e. The van der Waals surface area contributed by atoms with Crippen LogP contribution in [0.1, 0.15) is 25.0 Å². The smallest absolute Gasteiger partial charge is 0.308 e. The summed E-state index contributed by atoms with van der Waals surface area (Å²) in [4.78, 5) is 17.2. The van der Waals surface area contributed by atoms with E-state index in [2.05, 4.69) is 4.98 Å². The number of carbonyl (C=O) groups excluding carboxylic acids is 1. The number of hydrogen-bond donors (Lipinski definition) is 2. The van der Waals surface area contributed by atoms with E-state index in [-0.39, 0.29) is 13.0 Å². The van der Waals surface area contributed by atoms with Gasteiger partial charge in [-0.05, 0) is 13.0 Å². The van der Waals surface area contributed by atoms with Gasteiger partial charge in [-0.3, -0.25) is 4.79 Å². The second kappa shape index (κ2) is 7.06. The highest BCUT2D eigenvalue weighted by molar-refractivity contribution is 5.70. The van der Waals surface area contributed by atoms with E-state index < -0.39 is 18.2 Å². The Morgan fingerprint density at radius 2 is 2.11 bits per heavy atom. The Balaban J connectivity index is 2.65. The van der Waals surface area contributed by atoms with Gasteiger partial charge in [-0.1, -0.05) is 6.07 Å². The summed E-state index contributed by atoms with van der Waals surface area (Å²) in [7, 11) is 3.71. The lowest BCUT2D eigenvalue weighted by atomic mass is 10.0. The molecule has 6 nitrogen and oxygen atoms in total. The molecule has 0 aliphatic carbocycles. The zero-order chi connectivity index (χ0) is 14.4. The largest absolute Gasteiger partial charge is 0.466 e. The molecule has 1 rings (SSSR count). The lowest BCUT2D eigenvalue weighted by molar-refractivity contribution is -0.147. The van der Waals surface area contributed by atoms with Gasteiger partial charge in [-0.2, -0.15) is 0 Å². The Hall–Kier alpha value is -1.66. The summed E-state index contributed by atoms with van der Waals surface area (Å²) < 4.78 is 4.72. The normalized spacial score (nSPS) is 13.7. The fraction of sp³-hybridized carbons (Fsp3) is 0.538. The fourth-order valence-electron chi connectivity index (χ4n) is 1.56. The van der Waals surface area contributed by atoms with Crippen LogP contribution in [0.25, 0.3) is 0 Å². The highest BCUT2D eigenvalue weighted by Crippen LogP contribution is 2.20. The molecule has 1 heterocycles. The van der Waals surface area contributed by atoms with Gasteiger partial charge in [0.15, 0.2) is 0 Å². The molecule has 1 aromatic rings. The van der Waals surface area contributed by atoms with Gasteiger partial charge in [0.2, 0.25) is 0 Å². The van der Waals surface area contributed by atoms with Crippen LogP contribution in [0, 0.1) is 0 Å². The number of esters is 1. The van der Waals surface area contributed by atoms with Crippen molar-refractivity contribution in [1.29, 1.82) is 0 Å². The maximum atomic E-state index is 11.2. The predicted octanol–water partition coefficient (Wildman–Crippen LogP) is 0.495. The number of pyridine rings is 1. The number of rotatable bonds is 6. The van der Waals surface area contributed by atoms with Gasteiger partial charge in [0.05, 0.1) is 19.1 Å². The number of carbonyl (C=O) groups is 1. The average Bonchev–Trinajstić information content (AvgIpc) is 2.38. The Bertz CT molecular complexity index is 406. The van der Waals surface area contributed by atoms with Gasteiger partial charge in [0.1, 0.15) is 11.9 Å². The summed E-state index contributed by atoms with van der Waals surface area (Å²) in [6, 6.07) is 3.40. The van der Waals surface area contributed by atoms with Gasteiger partial charge < -0.3 is 19.8 Å². The molecule has 0 aliphatic rings. The van der Waals surface area contributed by atoms with E-state index in [1.165, 1.54) is 6.20 Å². The van der Waals surface area contributed by atoms with E-state index in [4.69, 9.17) is 4.74 Å². The first kappa shape index (κ1) is 15.4. The molecule has 0 fully saturated rings. The van der Waals surface area contributed by atoms with Crippen molar-refractivity contribution in [3.63, 3.8) is 0 Å². The van der Waals surface area contributed by atoms with Crippen LogP contribution in [0.4, 0.5) is 5.82 Å². The average molecular weight is 268 g/mol. The molecule has 0 saturated heterocycles. The lowest BCUT2D eigenvalue weighted by Crippen LogP contribution is -2.23. The SMILES string of the molecule is CCOC(=O)CC(O)C(O)c1ccc(N(C)C)nc1. The minimum absolute atomic E-state index is 0.246. The molecular formula is C13H20N2O4. The zero-order valence-electron chi connectivity index (χ0n) is 11.4. The van der Waals surface area contributed by atoms with Crippen molar-refractivity contribution in [3.8, 4) is 0 Å². The molecule has 0 aromatic carbocycles.